The highest BCUT2D eigenvalue weighted by atomic mass is 35.5. The highest BCUT2D eigenvalue weighted by molar-refractivity contribution is 6.33. The molecule has 5 aromatic rings. The van der Waals surface area contributed by atoms with Crippen LogP contribution in [0.1, 0.15) is 41.3 Å². The summed E-state index contributed by atoms with van der Waals surface area (Å²) in [6.07, 6.45) is 5.42. The van der Waals surface area contributed by atoms with Crippen molar-refractivity contribution in [3.63, 3.8) is 0 Å². The summed E-state index contributed by atoms with van der Waals surface area (Å²) in [7, 11) is 1.95. The Kier molecular flexibility index (Phi) is 6.74. The van der Waals surface area contributed by atoms with Gasteiger partial charge in [-0.05, 0) is 54.8 Å². The lowest BCUT2D eigenvalue weighted by molar-refractivity contribution is 0.610. The van der Waals surface area contributed by atoms with Crippen molar-refractivity contribution in [2.45, 2.75) is 24.3 Å². The molecule has 200 valence electrons. The molecule has 1 atom stereocenters. The van der Waals surface area contributed by atoms with E-state index in [0.717, 1.165) is 18.4 Å². The maximum atomic E-state index is 13.8. The number of nitrogens with one attached hydrogen (secondary N) is 2. The second kappa shape index (κ2) is 10.4. The summed E-state index contributed by atoms with van der Waals surface area (Å²) in [5, 5.41) is 36.5. The Hall–Kier alpha value is -4.64. The number of aromatic nitrogens is 4. The van der Waals surface area contributed by atoms with E-state index in [2.05, 4.69) is 38.1 Å². The minimum absolute atomic E-state index is 0.0679. The summed E-state index contributed by atoms with van der Waals surface area (Å²) < 4.78 is 15.7. The Morgan fingerprint density at radius 2 is 1.78 bits per heavy atom. The van der Waals surface area contributed by atoms with Crippen molar-refractivity contribution in [2.24, 2.45) is 0 Å². The number of benzene rings is 3. The standard InChI is InChI=1S/C29H20BCl2FN8/c30-29(22-3-1-2-4-23(22)31,26-15-41(40-39-26)20-6-7-20)38-19-9-16(12-34)27-21(10-19)28(17(13-35)14-36-27)37-18-5-8-25(33)24(32)11-18/h1-5,8-11,14-15,20,38H,6-7,30H2,(H,36,37). The molecule has 0 amide bonds. The summed E-state index contributed by atoms with van der Waals surface area (Å²) in [6.45, 7) is 0. The van der Waals surface area contributed by atoms with Crippen LogP contribution in [-0.4, -0.2) is 27.8 Å². The molecule has 12 heteroatoms. The molecule has 1 saturated carbocycles. The molecular formula is C29H20BCl2FN8. The third-order valence-corrected chi connectivity index (χ3v) is 7.77. The number of nitrogens with zero attached hydrogens (tertiary/aromatic N) is 6. The van der Waals surface area contributed by atoms with Gasteiger partial charge in [-0.3, -0.25) is 4.98 Å². The monoisotopic (exact) mass is 580 g/mol. The average Bonchev–Trinajstić information content (AvgIpc) is 3.70. The van der Waals surface area contributed by atoms with Crippen LogP contribution >= 0.6 is 23.2 Å². The van der Waals surface area contributed by atoms with Crippen LogP contribution in [0.3, 0.4) is 0 Å². The molecule has 1 aliphatic carbocycles. The SMILES string of the molecule is BC(Nc1cc(C#N)c2ncc(C#N)c(Nc3ccc(F)c(Cl)c3)c2c1)(c1cn(C2CC2)nn1)c1ccccc1Cl. The molecule has 6 rings (SSSR count). The van der Waals surface area contributed by atoms with Gasteiger partial charge in [0.15, 0.2) is 0 Å². The fourth-order valence-corrected chi connectivity index (χ4v) is 5.35. The van der Waals surface area contributed by atoms with Gasteiger partial charge < -0.3 is 10.6 Å². The first kappa shape index (κ1) is 26.6. The summed E-state index contributed by atoms with van der Waals surface area (Å²) >= 11 is 12.7. The molecule has 0 spiro atoms. The molecular weight excluding hydrogens is 561 g/mol. The number of anilines is 3. The fraction of sp³-hybridized carbons (Fsp3) is 0.138. The highest BCUT2D eigenvalue weighted by Crippen LogP contribution is 2.39. The first-order valence-corrected chi connectivity index (χ1v) is 13.5. The Morgan fingerprint density at radius 1 is 1.00 bits per heavy atom. The molecule has 8 nitrogen and oxygen atoms in total. The maximum absolute atomic E-state index is 13.8. The van der Waals surface area contributed by atoms with Crippen LogP contribution in [-0.2, 0) is 5.44 Å². The van der Waals surface area contributed by atoms with E-state index in [4.69, 9.17) is 23.2 Å². The number of pyridine rings is 1. The lowest BCUT2D eigenvalue weighted by Gasteiger charge is -2.32. The third kappa shape index (κ3) is 4.93. The molecule has 2 heterocycles. The molecule has 2 N–H and O–H groups in total. The maximum Gasteiger partial charge on any atom is 0.148 e. The van der Waals surface area contributed by atoms with Gasteiger partial charge in [0.25, 0.3) is 0 Å². The smallest absolute Gasteiger partial charge is 0.148 e. The van der Waals surface area contributed by atoms with Crippen molar-refractivity contribution in [1.29, 1.82) is 10.5 Å². The molecule has 1 aliphatic rings. The summed E-state index contributed by atoms with van der Waals surface area (Å²) in [5.41, 5.74) is 2.84. The minimum atomic E-state index is -0.940. The molecule has 3 aromatic carbocycles. The fourth-order valence-electron chi connectivity index (χ4n) is 4.85. The lowest BCUT2D eigenvalue weighted by atomic mass is 9.69. The quantitative estimate of drug-likeness (QED) is 0.225. The number of fused-ring (bicyclic) bond motifs is 1. The van der Waals surface area contributed by atoms with Crippen molar-refractivity contribution in [2.75, 3.05) is 10.6 Å². The van der Waals surface area contributed by atoms with Crippen LogP contribution < -0.4 is 10.6 Å². The molecule has 0 radical (unpaired) electrons. The van der Waals surface area contributed by atoms with Gasteiger partial charge in [0.05, 0.1) is 45.0 Å². The van der Waals surface area contributed by atoms with E-state index in [1.54, 1.807) is 12.1 Å². The van der Waals surface area contributed by atoms with Crippen LogP contribution in [0.5, 0.6) is 0 Å². The highest BCUT2D eigenvalue weighted by Gasteiger charge is 2.36. The molecule has 0 saturated heterocycles. The van der Waals surface area contributed by atoms with E-state index in [0.29, 0.717) is 44.7 Å². The second-order valence-corrected chi connectivity index (χ2v) is 10.8. The first-order valence-electron chi connectivity index (χ1n) is 12.7. The Morgan fingerprint density at radius 3 is 2.49 bits per heavy atom. The van der Waals surface area contributed by atoms with E-state index in [1.165, 1.54) is 24.4 Å². The van der Waals surface area contributed by atoms with E-state index < -0.39 is 11.3 Å². The molecule has 2 aromatic heterocycles. The summed E-state index contributed by atoms with van der Waals surface area (Å²) in [6, 6.07) is 19.8. The van der Waals surface area contributed by atoms with Gasteiger partial charge in [0, 0.05) is 28.0 Å². The zero-order valence-corrected chi connectivity index (χ0v) is 23.2. The predicted octanol–water partition coefficient (Wildman–Crippen LogP) is 6.04. The Balaban J connectivity index is 1.51. The second-order valence-electron chi connectivity index (χ2n) is 9.99. The average molecular weight is 581 g/mol. The van der Waals surface area contributed by atoms with Gasteiger partial charge in [0.2, 0.25) is 0 Å². The zero-order chi connectivity index (χ0) is 28.7. The molecule has 1 fully saturated rings. The van der Waals surface area contributed by atoms with Crippen LogP contribution in [0.15, 0.2) is 67.0 Å². The van der Waals surface area contributed by atoms with Crippen molar-refractivity contribution in [3.05, 3.63) is 105 Å². The Labute approximate surface area is 245 Å². The van der Waals surface area contributed by atoms with Gasteiger partial charge in [-0.2, -0.15) is 10.5 Å². The summed E-state index contributed by atoms with van der Waals surface area (Å²) in [5.74, 6) is -0.562. The van der Waals surface area contributed by atoms with Gasteiger partial charge in [-0.1, -0.05) is 46.6 Å². The van der Waals surface area contributed by atoms with Crippen molar-refractivity contribution < 1.29 is 4.39 Å². The summed E-state index contributed by atoms with van der Waals surface area (Å²) in [4.78, 5) is 4.41. The van der Waals surface area contributed by atoms with Crippen molar-refractivity contribution in [3.8, 4) is 12.1 Å². The van der Waals surface area contributed by atoms with Crippen LogP contribution in [0.25, 0.3) is 10.9 Å². The van der Waals surface area contributed by atoms with Crippen molar-refractivity contribution in [1.82, 2.24) is 20.0 Å². The Bertz CT molecular complexity index is 1910. The zero-order valence-electron chi connectivity index (χ0n) is 21.7. The van der Waals surface area contributed by atoms with Gasteiger partial charge in [-0.25, -0.2) is 9.07 Å². The number of nitriles is 2. The van der Waals surface area contributed by atoms with Crippen LogP contribution in [0, 0.1) is 28.5 Å². The van der Waals surface area contributed by atoms with Crippen LogP contribution in [0.4, 0.5) is 21.5 Å². The van der Waals surface area contributed by atoms with E-state index >= 15 is 0 Å². The number of hydrogen-bond donors (Lipinski definition) is 2. The predicted molar refractivity (Wildman–Crippen MR) is 159 cm³/mol. The van der Waals surface area contributed by atoms with E-state index in [9.17, 15) is 14.9 Å². The van der Waals surface area contributed by atoms with Crippen LogP contribution in [0.2, 0.25) is 10.0 Å². The minimum Gasteiger partial charge on any atom is -0.377 e. The number of hydrogen-bond acceptors (Lipinski definition) is 7. The number of halogens is 3. The van der Waals surface area contributed by atoms with Crippen molar-refractivity contribution >= 4 is 59.0 Å². The largest absolute Gasteiger partial charge is 0.377 e. The van der Waals surface area contributed by atoms with Gasteiger partial charge in [-0.15, -0.1) is 5.10 Å². The third-order valence-electron chi connectivity index (χ3n) is 7.15. The topological polar surface area (TPSA) is 115 Å². The normalized spacial score (nSPS) is 14.2. The van der Waals surface area contributed by atoms with E-state index in [-0.39, 0.29) is 16.1 Å². The van der Waals surface area contributed by atoms with E-state index in [1.807, 2.05) is 43.0 Å². The van der Waals surface area contributed by atoms with Gasteiger partial charge in [0.1, 0.15) is 31.5 Å². The molecule has 1 unspecified atom stereocenters. The van der Waals surface area contributed by atoms with Gasteiger partial charge >= 0.3 is 0 Å². The molecule has 41 heavy (non-hydrogen) atoms. The molecule has 0 aliphatic heterocycles. The first-order chi connectivity index (χ1) is 19.8. The lowest BCUT2D eigenvalue weighted by Crippen LogP contribution is -2.38. The number of rotatable bonds is 7. The molecule has 0 bridgehead atoms.